The first kappa shape index (κ1) is 16.1. The van der Waals surface area contributed by atoms with E-state index in [2.05, 4.69) is 4.90 Å². The summed E-state index contributed by atoms with van der Waals surface area (Å²) >= 11 is 0. The molecule has 5 heteroatoms. The number of benzene rings is 1. The van der Waals surface area contributed by atoms with Crippen LogP contribution in [-0.2, 0) is 15.1 Å². The number of carbonyl (C=O) groups is 1. The highest BCUT2D eigenvalue weighted by Crippen LogP contribution is 2.56. The van der Waals surface area contributed by atoms with E-state index in [-0.39, 0.29) is 12.6 Å². The molecule has 0 radical (unpaired) electrons. The zero-order chi connectivity index (χ0) is 16.8. The average Bonchev–Trinajstić information content (AvgIpc) is 3.03. The Morgan fingerprint density at radius 1 is 1.33 bits per heavy atom. The lowest BCUT2D eigenvalue weighted by Gasteiger charge is -2.65. The lowest BCUT2D eigenvalue weighted by Crippen LogP contribution is -2.73. The van der Waals surface area contributed by atoms with E-state index in [0.29, 0.717) is 17.0 Å². The number of hydrogen-bond acceptors (Lipinski definition) is 4. The fraction of sp³-hybridized carbons (Fsp3) is 0.632. The number of carbonyl (C=O) groups excluding carboxylic acids is 1. The third-order valence-electron chi connectivity index (χ3n) is 6.30. The van der Waals surface area contributed by atoms with E-state index in [1.807, 2.05) is 18.2 Å². The monoisotopic (exact) mass is 330 g/mol. The molecule has 3 aliphatic rings. The quantitative estimate of drug-likeness (QED) is 0.855. The van der Waals surface area contributed by atoms with Crippen molar-refractivity contribution in [3.8, 4) is 0 Å². The predicted octanol–water partition coefficient (Wildman–Crippen LogP) is 1.39. The number of likely N-dealkylation sites (tertiary alicyclic amines) is 1. The minimum Gasteiger partial charge on any atom is -0.377 e. The fourth-order valence-corrected chi connectivity index (χ4v) is 4.91. The van der Waals surface area contributed by atoms with Crippen molar-refractivity contribution in [2.45, 2.75) is 49.9 Å². The molecule has 5 nitrogen and oxygen atoms in total. The highest BCUT2D eigenvalue weighted by atomic mass is 16.5. The number of nitrogens with zero attached hydrogens (tertiary/aromatic N) is 1. The summed E-state index contributed by atoms with van der Waals surface area (Å²) in [6, 6.07) is 9.36. The topological polar surface area (TPSA) is 75.8 Å². The first-order valence-corrected chi connectivity index (χ1v) is 8.99. The van der Waals surface area contributed by atoms with Crippen LogP contribution in [0.3, 0.4) is 0 Å². The maximum absolute atomic E-state index is 12.1. The molecule has 0 aromatic heterocycles. The van der Waals surface area contributed by atoms with Gasteiger partial charge in [0.15, 0.2) is 5.60 Å². The molecule has 2 saturated heterocycles. The summed E-state index contributed by atoms with van der Waals surface area (Å²) in [6.07, 6.45) is 6.14. The standard InChI is InChI=1S/C19H26N2O3/c20-17(22)19(23,14-6-2-1-3-7-14)13-21-12-18(9-5-10-18)16(21)15-8-4-11-24-15/h1-3,6-7,15-16,23H,4-5,8-13H2,(H2,20,22). The number of aliphatic hydroxyl groups is 1. The number of hydrogen-bond donors (Lipinski definition) is 2. The Morgan fingerprint density at radius 2 is 2.08 bits per heavy atom. The van der Waals surface area contributed by atoms with Crippen molar-refractivity contribution < 1.29 is 14.6 Å². The molecule has 1 aromatic carbocycles. The highest BCUT2D eigenvalue weighted by Gasteiger charge is 2.60. The number of amides is 1. The molecule has 24 heavy (non-hydrogen) atoms. The van der Waals surface area contributed by atoms with Gasteiger partial charge in [0.2, 0.25) is 0 Å². The van der Waals surface area contributed by atoms with Gasteiger partial charge in [0.05, 0.1) is 6.10 Å². The van der Waals surface area contributed by atoms with Crippen LogP contribution in [0.15, 0.2) is 30.3 Å². The van der Waals surface area contributed by atoms with Crippen LogP contribution in [0.5, 0.6) is 0 Å². The van der Waals surface area contributed by atoms with E-state index < -0.39 is 11.5 Å². The third-order valence-corrected chi connectivity index (χ3v) is 6.30. The summed E-state index contributed by atoms with van der Waals surface area (Å²) in [4.78, 5) is 14.3. The second-order valence-corrected chi connectivity index (χ2v) is 7.71. The molecule has 3 fully saturated rings. The molecule has 0 bridgehead atoms. The van der Waals surface area contributed by atoms with Gasteiger partial charge in [0.1, 0.15) is 0 Å². The zero-order valence-corrected chi connectivity index (χ0v) is 14.0. The van der Waals surface area contributed by atoms with E-state index in [0.717, 1.165) is 26.0 Å². The molecule has 3 unspecified atom stereocenters. The molecule has 1 saturated carbocycles. The Kier molecular flexibility index (Phi) is 3.90. The molecule has 2 heterocycles. The molecule has 1 aromatic rings. The minimum atomic E-state index is -1.65. The van der Waals surface area contributed by atoms with Crippen LogP contribution >= 0.6 is 0 Å². The summed E-state index contributed by atoms with van der Waals surface area (Å²) in [5.41, 5.74) is 4.85. The van der Waals surface area contributed by atoms with E-state index in [1.165, 1.54) is 19.3 Å². The van der Waals surface area contributed by atoms with Crippen molar-refractivity contribution in [1.29, 1.82) is 0 Å². The number of nitrogens with two attached hydrogens (primary N) is 1. The van der Waals surface area contributed by atoms with Crippen molar-refractivity contribution in [3.63, 3.8) is 0 Å². The summed E-state index contributed by atoms with van der Waals surface area (Å²) < 4.78 is 5.96. The summed E-state index contributed by atoms with van der Waals surface area (Å²) in [6.45, 7) is 2.00. The smallest absolute Gasteiger partial charge is 0.255 e. The number of primary amides is 1. The van der Waals surface area contributed by atoms with Gasteiger partial charge in [-0.25, -0.2) is 0 Å². The normalized spacial score (nSPS) is 31.2. The largest absolute Gasteiger partial charge is 0.377 e. The van der Waals surface area contributed by atoms with Gasteiger partial charge in [-0.2, -0.15) is 0 Å². The number of β-amino-alcohol motifs (C(OH)–C–C–N with tert-alkyl or cyclic N) is 1. The number of ether oxygens (including phenoxy) is 1. The summed E-state index contributed by atoms with van der Waals surface area (Å²) in [5, 5.41) is 11.1. The molecule has 2 aliphatic heterocycles. The van der Waals surface area contributed by atoms with Gasteiger partial charge in [-0.1, -0.05) is 36.8 Å². The molecule has 4 rings (SSSR count). The van der Waals surface area contributed by atoms with E-state index in [4.69, 9.17) is 10.5 Å². The molecule has 3 N–H and O–H groups in total. The van der Waals surface area contributed by atoms with Gasteiger partial charge in [-0.05, 0) is 31.2 Å². The Hall–Kier alpha value is -1.43. The SMILES string of the molecule is NC(=O)C(O)(CN1CC2(CCC2)C1C1CCCO1)c1ccccc1. The van der Waals surface area contributed by atoms with Crippen LogP contribution in [0.2, 0.25) is 0 Å². The van der Waals surface area contributed by atoms with Crippen molar-refractivity contribution in [2.24, 2.45) is 11.1 Å². The lowest BCUT2D eigenvalue weighted by molar-refractivity contribution is -0.193. The average molecular weight is 330 g/mol. The fourth-order valence-electron chi connectivity index (χ4n) is 4.91. The molecule has 1 amide bonds. The molecule has 1 spiro atoms. The second-order valence-electron chi connectivity index (χ2n) is 7.71. The first-order chi connectivity index (χ1) is 11.6. The van der Waals surface area contributed by atoms with E-state index in [9.17, 15) is 9.90 Å². The van der Waals surface area contributed by atoms with Gasteiger partial charge < -0.3 is 15.6 Å². The summed E-state index contributed by atoms with van der Waals surface area (Å²) in [7, 11) is 0. The van der Waals surface area contributed by atoms with Crippen molar-refractivity contribution in [3.05, 3.63) is 35.9 Å². The highest BCUT2D eigenvalue weighted by molar-refractivity contribution is 5.85. The maximum atomic E-state index is 12.1. The Bertz CT molecular complexity index is 610. The minimum absolute atomic E-state index is 0.229. The van der Waals surface area contributed by atoms with Crippen molar-refractivity contribution >= 4 is 5.91 Å². The van der Waals surface area contributed by atoms with Crippen molar-refractivity contribution in [2.75, 3.05) is 19.7 Å². The van der Waals surface area contributed by atoms with Crippen LogP contribution in [0, 0.1) is 5.41 Å². The van der Waals surface area contributed by atoms with E-state index in [1.54, 1.807) is 12.1 Å². The Balaban J connectivity index is 1.57. The maximum Gasteiger partial charge on any atom is 0.255 e. The molecular weight excluding hydrogens is 304 g/mol. The lowest BCUT2D eigenvalue weighted by atomic mass is 9.56. The summed E-state index contributed by atoms with van der Waals surface area (Å²) in [5.74, 6) is -0.686. The van der Waals surface area contributed by atoms with Crippen LogP contribution in [-0.4, -0.2) is 47.8 Å². The molecule has 1 aliphatic carbocycles. The van der Waals surface area contributed by atoms with E-state index >= 15 is 0 Å². The third kappa shape index (κ3) is 2.38. The van der Waals surface area contributed by atoms with Crippen LogP contribution in [0.4, 0.5) is 0 Å². The predicted molar refractivity (Wildman–Crippen MR) is 90.2 cm³/mol. The van der Waals surface area contributed by atoms with Gasteiger partial charge >= 0.3 is 0 Å². The van der Waals surface area contributed by atoms with Gasteiger partial charge in [-0.3, -0.25) is 9.69 Å². The molecule has 3 atom stereocenters. The zero-order valence-electron chi connectivity index (χ0n) is 14.0. The Morgan fingerprint density at radius 3 is 2.62 bits per heavy atom. The van der Waals surface area contributed by atoms with Crippen LogP contribution < -0.4 is 5.73 Å². The second kappa shape index (κ2) is 5.83. The van der Waals surface area contributed by atoms with Gasteiger partial charge in [0.25, 0.3) is 5.91 Å². The van der Waals surface area contributed by atoms with Crippen molar-refractivity contribution in [1.82, 2.24) is 4.90 Å². The van der Waals surface area contributed by atoms with Crippen LogP contribution in [0.1, 0.15) is 37.7 Å². The molecular formula is C19H26N2O3. The number of rotatable bonds is 5. The Labute approximate surface area is 142 Å². The van der Waals surface area contributed by atoms with Gasteiger partial charge in [-0.15, -0.1) is 0 Å². The molecule has 130 valence electrons. The van der Waals surface area contributed by atoms with Gasteiger partial charge in [0, 0.05) is 31.2 Å². The van der Waals surface area contributed by atoms with Crippen LogP contribution in [0.25, 0.3) is 0 Å². The first-order valence-electron chi connectivity index (χ1n) is 8.99.